The van der Waals surface area contributed by atoms with Crippen LogP contribution in [-0.4, -0.2) is 61.4 Å². The zero-order chi connectivity index (χ0) is 17.5. The number of benzene rings is 1. The maximum absolute atomic E-state index is 11.8. The molecule has 2 atom stereocenters. The molecule has 0 amide bonds. The van der Waals surface area contributed by atoms with Crippen LogP contribution in [0.15, 0.2) is 23.2 Å². The summed E-state index contributed by atoms with van der Waals surface area (Å²) in [5.41, 5.74) is 6.45. The topological polar surface area (TPSA) is 103 Å². The Labute approximate surface area is 145 Å². The number of hydrogen-bond donors (Lipinski definition) is 2. The number of hydrogen-bond acceptors (Lipinski definition) is 8. The zero-order valence-electron chi connectivity index (χ0n) is 13.7. The van der Waals surface area contributed by atoms with Crippen LogP contribution in [0.2, 0.25) is 0 Å². The van der Waals surface area contributed by atoms with Crippen molar-refractivity contribution >= 4 is 23.6 Å². The molecule has 0 radical (unpaired) electrons. The highest BCUT2D eigenvalue weighted by Gasteiger charge is 2.23. The number of thioether (sulfide) groups is 1. The number of methoxy groups -OCH3 is 1. The van der Waals surface area contributed by atoms with Crippen LogP contribution in [0.3, 0.4) is 0 Å². The first kappa shape index (κ1) is 18.4. The molecule has 0 saturated carbocycles. The van der Waals surface area contributed by atoms with Gasteiger partial charge in [0.25, 0.3) is 0 Å². The van der Waals surface area contributed by atoms with E-state index in [0.717, 1.165) is 5.75 Å². The summed E-state index contributed by atoms with van der Waals surface area (Å²) in [6.07, 6.45) is 2.55. The van der Waals surface area contributed by atoms with Gasteiger partial charge >= 0.3 is 5.97 Å². The van der Waals surface area contributed by atoms with Crippen molar-refractivity contribution in [2.75, 3.05) is 32.3 Å². The van der Waals surface area contributed by atoms with Gasteiger partial charge in [0, 0.05) is 5.56 Å². The average Bonchev–Trinajstić information content (AvgIpc) is 3.06. The number of phenols is 1. The van der Waals surface area contributed by atoms with Crippen molar-refractivity contribution in [2.45, 2.75) is 18.5 Å². The Bertz CT molecular complexity index is 608. The molecule has 0 aromatic heterocycles. The van der Waals surface area contributed by atoms with E-state index < -0.39 is 12.0 Å². The van der Waals surface area contributed by atoms with Crippen molar-refractivity contribution in [1.82, 2.24) is 0 Å². The van der Waals surface area contributed by atoms with Gasteiger partial charge in [-0.1, -0.05) is 0 Å². The molecule has 2 rings (SSSR count). The molecule has 8 heteroatoms. The Morgan fingerprint density at radius 1 is 1.58 bits per heavy atom. The minimum Gasteiger partial charge on any atom is -0.504 e. The predicted molar refractivity (Wildman–Crippen MR) is 92.9 cm³/mol. The number of esters is 1. The van der Waals surface area contributed by atoms with Crippen LogP contribution < -0.4 is 10.5 Å². The molecule has 1 aromatic rings. The lowest BCUT2D eigenvalue weighted by Crippen LogP contribution is -2.34. The van der Waals surface area contributed by atoms with E-state index in [1.54, 1.807) is 23.9 Å². The van der Waals surface area contributed by atoms with Crippen molar-refractivity contribution in [1.29, 1.82) is 0 Å². The fourth-order valence-electron chi connectivity index (χ4n) is 2.12. The maximum atomic E-state index is 11.8. The summed E-state index contributed by atoms with van der Waals surface area (Å²) in [7, 11) is 1.47. The summed E-state index contributed by atoms with van der Waals surface area (Å²) in [6.45, 7) is 0.455. The molecule has 3 N–H and O–H groups in total. The smallest absolute Gasteiger partial charge is 0.323 e. The minimum absolute atomic E-state index is 0.0459. The van der Waals surface area contributed by atoms with Gasteiger partial charge in [0.15, 0.2) is 11.5 Å². The van der Waals surface area contributed by atoms with Gasteiger partial charge in [-0.25, -0.2) is 4.99 Å². The summed E-state index contributed by atoms with van der Waals surface area (Å²) in [5, 5.41) is 9.61. The lowest BCUT2D eigenvalue weighted by molar-refractivity contribution is -0.145. The van der Waals surface area contributed by atoms with Crippen molar-refractivity contribution in [3.63, 3.8) is 0 Å². The van der Waals surface area contributed by atoms with Crippen LogP contribution in [0.1, 0.15) is 12.0 Å². The zero-order valence-corrected chi connectivity index (χ0v) is 14.5. The molecule has 7 nitrogen and oxygen atoms in total. The van der Waals surface area contributed by atoms with Gasteiger partial charge in [0.05, 0.1) is 7.11 Å². The largest absolute Gasteiger partial charge is 0.504 e. The van der Waals surface area contributed by atoms with Gasteiger partial charge < -0.3 is 25.1 Å². The molecule has 1 heterocycles. The number of aliphatic imine (C=N–C) groups is 1. The molecular formula is C16H22N2O5S. The molecule has 0 spiro atoms. The molecular weight excluding hydrogens is 332 g/mol. The normalized spacial score (nSPS) is 17.8. The molecule has 0 unspecified atom stereocenters. The summed E-state index contributed by atoms with van der Waals surface area (Å²) in [6, 6.07) is 3.96. The quantitative estimate of drug-likeness (QED) is 0.675. The highest BCUT2D eigenvalue weighted by Crippen LogP contribution is 2.27. The molecule has 0 bridgehead atoms. The lowest BCUT2D eigenvalue weighted by Gasteiger charge is -2.12. The van der Waals surface area contributed by atoms with Crippen LogP contribution in [0.5, 0.6) is 11.5 Å². The van der Waals surface area contributed by atoms with Crippen LogP contribution >= 0.6 is 11.8 Å². The Morgan fingerprint density at radius 2 is 2.38 bits per heavy atom. The molecule has 1 aromatic carbocycles. The van der Waals surface area contributed by atoms with E-state index in [2.05, 4.69) is 4.99 Å². The summed E-state index contributed by atoms with van der Waals surface area (Å²) < 4.78 is 15.8. The fraction of sp³-hybridized carbons (Fsp3) is 0.500. The van der Waals surface area contributed by atoms with Crippen LogP contribution in [0, 0.1) is 0 Å². The average molecular weight is 354 g/mol. The molecule has 0 saturated heterocycles. The third-order valence-electron chi connectivity index (χ3n) is 3.49. The van der Waals surface area contributed by atoms with Gasteiger partial charge in [-0.15, -0.1) is 0 Å². The van der Waals surface area contributed by atoms with Gasteiger partial charge in [0.1, 0.15) is 25.3 Å². The number of nitrogens with two attached hydrogens (primary N) is 1. The third-order valence-corrected chi connectivity index (χ3v) is 4.14. The van der Waals surface area contributed by atoms with E-state index in [4.69, 9.17) is 19.9 Å². The van der Waals surface area contributed by atoms with Gasteiger partial charge in [-0.05, 0) is 36.6 Å². The Morgan fingerprint density at radius 3 is 3.08 bits per heavy atom. The lowest BCUT2D eigenvalue weighted by atomic mass is 10.2. The van der Waals surface area contributed by atoms with E-state index in [9.17, 15) is 9.90 Å². The van der Waals surface area contributed by atoms with Gasteiger partial charge in [0.2, 0.25) is 5.90 Å². The van der Waals surface area contributed by atoms with Crippen LogP contribution in [0.4, 0.5) is 0 Å². The molecule has 24 heavy (non-hydrogen) atoms. The second kappa shape index (κ2) is 8.79. The molecule has 1 aliphatic heterocycles. The first-order chi connectivity index (χ1) is 11.5. The van der Waals surface area contributed by atoms with Crippen LogP contribution in [0.25, 0.3) is 0 Å². The highest BCUT2D eigenvalue weighted by atomic mass is 32.2. The SMILES string of the molecule is COc1cc(C2=N[C@H](COC(=O)[C@@H](N)CCSC)CO2)ccc1O. The fourth-order valence-corrected chi connectivity index (χ4v) is 2.61. The minimum atomic E-state index is -0.607. The third kappa shape index (κ3) is 4.78. The number of carbonyl (C=O) groups excluding carboxylic acids is 1. The summed E-state index contributed by atoms with van der Waals surface area (Å²) in [5.74, 6) is 1.21. The number of nitrogens with zero attached hydrogens (tertiary/aromatic N) is 1. The summed E-state index contributed by atoms with van der Waals surface area (Å²) in [4.78, 5) is 16.2. The van der Waals surface area contributed by atoms with Crippen molar-refractivity contribution < 1.29 is 24.1 Å². The molecule has 132 valence electrons. The molecule has 0 fully saturated rings. The van der Waals surface area contributed by atoms with Gasteiger partial charge in [-0.3, -0.25) is 4.79 Å². The van der Waals surface area contributed by atoms with Crippen molar-refractivity contribution in [2.24, 2.45) is 10.7 Å². The van der Waals surface area contributed by atoms with E-state index in [1.807, 2.05) is 6.26 Å². The molecule has 1 aliphatic rings. The first-order valence-electron chi connectivity index (χ1n) is 7.54. The number of phenolic OH excluding ortho intramolecular Hbond substituents is 1. The van der Waals surface area contributed by atoms with Crippen molar-refractivity contribution in [3.05, 3.63) is 23.8 Å². The maximum Gasteiger partial charge on any atom is 0.323 e. The standard InChI is InChI=1S/C16H22N2O5S/c1-21-14-7-10(3-4-13(14)19)15-18-11(8-22-15)9-23-16(20)12(17)5-6-24-2/h3-4,7,11-12,19H,5-6,8-9,17H2,1-2H3/t11-,12-/m0/s1. The number of rotatable bonds is 8. The van der Waals surface area contributed by atoms with Crippen LogP contribution in [-0.2, 0) is 14.3 Å². The van der Waals surface area contributed by atoms with E-state index in [-0.39, 0.29) is 18.4 Å². The molecule has 0 aliphatic carbocycles. The number of aromatic hydroxyl groups is 1. The Hall–Kier alpha value is -1.93. The second-order valence-corrected chi connectivity index (χ2v) is 6.29. The van der Waals surface area contributed by atoms with Gasteiger partial charge in [-0.2, -0.15) is 11.8 Å². The second-order valence-electron chi connectivity index (χ2n) is 5.30. The number of ether oxygens (including phenoxy) is 3. The van der Waals surface area contributed by atoms with Crippen molar-refractivity contribution in [3.8, 4) is 11.5 Å². The Balaban J connectivity index is 1.90. The van der Waals surface area contributed by atoms with E-state index >= 15 is 0 Å². The first-order valence-corrected chi connectivity index (χ1v) is 8.93. The monoisotopic (exact) mass is 354 g/mol. The van der Waals surface area contributed by atoms with E-state index in [1.165, 1.54) is 13.2 Å². The highest BCUT2D eigenvalue weighted by molar-refractivity contribution is 7.98. The van der Waals surface area contributed by atoms with E-state index in [0.29, 0.717) is 30.2 Å². The Kier molecular flexibility index (Phi) is 6.74. The predicted octanol–water partition coefficient (Wildman–Crippen LogP) is 1.17. The number of carbonyl (C=O) groups is 1. The summed E-state index contributed by atoms with van der Waals surface area (Å²) >= 11 is 1.63.